The summed E-state index contributed by atoms with van der Waals surface area (Å²) >= 11 is 0. The topological polar surface area (TPSA) is 60.7 Å². The molecule has 1 aliphatic rings. The molecule has 2 aromatic heterocycles. The quantitative estimate of drug-likeness (QED) is 0.805. The lowest BCUT2D eigenvalue weighted by atomic mass is 10.1. The Balaban J connectivity index is 1.67. The van der Waals surface area contributed by atoms with Gasteiger partial charge in [0.25, 0.3) is 0 Å². The van der Waals surface area contributed by atoms with Crippen LogP contribution in [0.25, 0.3) is 5.78 Å². The second-order valence-electron chi connectivity index (χ2n) is 5.28. The molecule has 3 heterocycles. The lowest BCUT2D eigenvalue weighted by molar-refractivity contribution is -0.149. The molecule has 1 saturated heterocycles. The van der Waals surface area contributed by atoms with E-state index >= 15 is 0 Å². The van der Waals surface area contributed by atoms with E-state index in [0.717, 1.165) is 17.1 Å². The van der Waals surface area contributed by atoms with Crippen molar-refractivity contribution in [2.75, 3.05) is 18.5 Å². The molecule has 112 valence electrons. The molecule has 0 aliphatic carbocycles. The molecule has 1 aromatic carbocycles. The lowest BCUT2D eigenvalue weighted by Crippen LogP contribution is -2.22. The number of ether oxygens (including phenoxy) is 2. The maximum absolute atomic E-state index is 5.71. The Hall–Kier alpha value is -2.44. The van der Waals surface area contributed by atoms with Crippen molar-refractivity contribution in [3.05, 3.63) is 54.5 Å². The van der Waals surface area contributed by atoms with Crippen molar-refractivity contribution >= 4 is 17.3 Å². The summed E-state index contributed by atoms with van der Waals surface area (Å²) in [5, 5.41) is 3.39. The van der Waals surface area contributed by atoms with Crippen LogP contribution in [0, 0.1) is 0 Å². The van der Waals surface area contributed by atoms with Crippen LogP contribution in [0.3, 0.4) is 0 Å². The third-order valence-electron chi connectivity index (χ3n) is 3.80. The van der Waals surface area contributed by atoms with Gasteiger partial charge in [0.05, 0.1) is 13.2 Å². The molecule has 6 nitrogen and oxygen atoms in total. The summed E-state index contributed by atoms with van der Waals surface area (Å²) in [6.45, 7) is 3.18. The fourth-order valence-electron chi connectivity index (χ4n) is 2.64. The monoisotopic (exact) mass is 296 g/mol. The van der Waals surface area contributed by atoms with Gasteiger partial charge in [0.2, 0.25) is 5.78 Å². The third kappa shape index (κ3) is 2.22. The van der Waals surface area contributed by atoms with E-state index in [1.807, 2.05) is 47.9 Å². The van der Waals surface area contributed by atoms with Gasteiger partial charge in [-0.2, -0.15) is 0 Å². The van der Waals surface area contributed by atoms with Gasteiger partial charge in [-0.05, 0) is 25.1 Å². The molecule has 1 aliphatic heterocycles. The largest absolute Gasteiger partial charge is 0.344 e. The first kappa shape index (κ1) is 13.2. The maximum atomic E-state index is 5.71. The van der Waals surface area contributed by atoms with Crippen LogP contribution in [0.15, 0.2) is 48.9 Å². The van der Waals surface area contributed by atoms with E-state index in [2.05, 4.69) is 15.3 Å². The first-order chi connectivity index (χ1) is 10.7. The molecule has 1 N–H and O–H groups in total. The third-order valence-corrected chi connectivity index (χ3v) is 3.80. The zero-order valence-corrected chi connectivity index (χ0v) is 12.2. The lowest BCUT2D eigenvalue weighted by Gasteiger charge is -2.23. The molecule has 1 fully saturated rings. The van der Waals surface area contributed by atoms with Crippen LogP contribution in [0.2, 0.25) is 0 Å². The molecule has 0 atom stereocenters. The first-order valence-electron chi connectivity index (χ1n) is 7.18. The number of rotatable bonds is 3. The number of imidazole rings is 1. The minimum atomic E-state index is -0.666. The van der Waals surface area contributed by atoms with Gasteiger partial charge in [0.1, 0.15) is 5.82 Å². The van der Waals surface area contributed by atoms with Crippen molar-refractivity contribution in [2.24, 2.45) is 0 Å². The number of benzene rings is 1. The van der Waals surface area contributed by atoms with Gasteiger partial charge in [-0.15, -0.1) is 0 Å². The summed E-state index contributed by atoms with van der Waals surface area (Å²) in [4.78, 5) is 8.39. The molecule has 3 aromatic rings. The second-order valence-corrected chi connectivity index (χ2v) is 5.28. The fourth-order valence-corrected chi connectivity index (χ4v) is 2.64. The van der Waals surface area contributed by atoms with E-state index < -0.39 is 5.79 Å². The number of hydrogen-bond acceptors (Lipinski definition) is 5. The predicted octanol–water partition coefficient (Wildman–Crippen LogP) is 2.69. The highest BCUT2D eigenvalue weighted by Crippen LogP contribution is 2.32. The Kier molecular flexibility index (Phi) is 3.06. The van der Waals surface area contributed by atoms with Gasteiger partial charge in [-0.25, -0.2) is 9.97 Å². The fraction of sp³-hybridized carbons (Fsp3) is 0.250. The van der Waals surface area contributed by atoms with Crippen LogP contribution < -0.4 is 5.32 Å². The number of anilines is 2. The highest BCUT2D eigenvalue weighted by atomic mass is 16.7. The Morgan fingerprint density at radius 3 is 2.82 bits per heavy atom. The molecule has 4 rings (SSSR count). The van der Waals surface area contributed by atoms with Crippen LogP contribution in [0.1, 0.15) is 12.5 Å². The Morgan fingerprint density at radius 1 is 1.14 bits per heavy atom. The van der Waals surface area contributed by atoms with Gasteiger partial charge in [0, 0.05) is 29.8 Å². The summed E-state index contributed by atoms with van der Waals surface area (Å²) in [6, 6.07) is 9.95. The van der Waals surface area contributed by atoms with Crippen molar-refractivity contribution in [3.63, 3.8) is 0 Å². The highest BCUT2D eigenvalue weighted by Gasteiger charge is 2.33. The van der Waals surface area contributed by atoms with E-state index in [4.69, 9.17) is 9.47 Å². The van der Waals surface area contributed by atoms with E-state index in [-0.39, 0.29) is 0 Å². The van der Waals surface area contributed by atoms with Crippen molar-refractivity contribution in [2.45, 2.75) is 12.7 Å². The molecule has 0 amide bonds. The Labute approximate surface area is 127 Å². The molecule has 0 saturated carbocycles. The smallest absolute Gasteiger partial charge is 0.235 e. The van der Waals surface area contributed by atoms with Gasteiger partial charge < -0.3 is 14.8 Å². The standard InChI is InChI=1S/C16H16N4O2/c1-16(21-9-10-22-16)12-3-2-4-13(11-12)19-14-5-6-17-15-18-7-8-20(14)15/h2-8,11,19H,9-10H2,1H3. The molecule has 22 heavy (non-hydrogen) atoms. The predicted molar refractivity (Wildman–Crippen MR) is 82.0 cm³/mol. The maximum Gasteiger partial charge on any atom is 0.235 e. The van der Waals surface area contributed by atoms with Crippen LogP contribution >= 0.6 is 0 Å². The molecule has 0 radical (unpaired) electrons. The average molecular weight is 296 g/mol. The number of hydrogen-bond donors (Lipinski definition) is 1. The molecular formula is C16H16N4O2. The summed E-state index contributed by atoms with van der Waals surface area (Å²) in [5.41, 5.74) is 1.95. The minimum Gasteiger partial charge on any atom is -0.344 e. The van der Waals surface area contributed by atoms with E-state index in [1.54, 1.807) is 12.4 Å². The highest BCUT2D eigenvalue weighted by molar-refractivity contribution is 5.59. The Morgan fingerprint density at radius 2 is 1.95 bits per heavy atom. The van der Waals surface area contributed by atoms with Crippen molar-refractivity contribution in [3.8, 4) is 0 Å². The summed E-state index contributed by atoms with van der Waals surface area (Å²) in [5.74, 6) is 0.897. The van der Waals surface area contributed by atoms with Gasteiger partial charge in [0.15, 0.2) is 5.79 Å². The van der Waals surface area contributed by atoms with E-state index in [1.165, 1.54) is 0 Å². The SMILES string of the molecule is CC1(c2cccc(Nc3ccnc4nccn34)c2)OCCO1. The van der Waals surface area contributed by atoms with Crippen molar-refractivity contribution in [1.82, 2.24) is 14.4 Å². The van der Waals surface area contributed by atoms with Crippen LogP contribution in [-0.4, -0.2) is 27.6 Å². The van der Waals surface area contributed by atoms with Crippen LogP contribution in [-0.2, 0) is 15.3 Å². The van der Waals surface area contributed by atoms with Gasteiger partial charge in [-0.3, -0.25) is 4.40 Å². The Bertz CT molecular complexity index is 809. The first-order valence-corrected chi connectivity index (χ1v) is 7.18. The van der Waals surface area contributed by atoms with Crippen molar-refractivity contribution in [1.29, 1.82) is 0 Å². The minimum absolute atomic E-state index is 0.619. The normalized spacial score (nSPS) is 17.0. The molecule has 0 unspecified atom stereocenters. The number of fused-ring (bicyclic) bond motifs is 1. The second kappa shape index (κ2) is 5.08. The van der Waals surface area contributed by atoms with Crippen LogP contribution in [0.5, 0.6) is 0 Å². The van der Waals surface area contributed by atoms with Crippen LogP contribution in [0.4, 0.5) is 11.5 Å². The summed E-state index contributed by atoms with van der Waals surface area (Å²) in [7, 11) is 0. The molecule has 6 heteroatoms. The number of nitrogens with one attached hydrogen (secondary N) is 1. The van der Waals surface area contributed by atoms with Gasteiger partial charge >= 0.3 is 0 Å². The van der Waals surface area contributed by atoms with Crippen molar-refractivity contribution < 1.29 is 9.47 Å². The molecule has 0 spiro atoms. The summed E-state index contributed by atoms with van der Waals surface area (Å²) in [6.07, 6.45) is 5.34. The molecule has 0 bridgehead atoms. The zero-order valence-electron chi connectivity index (χ0n) is 12.2. The average Bonchev–Trinajstić information content (AvgIpc) is 3.18. The summed E-state index contributed by atoms with van der Waals surface area (Å²) < 4.78 is 13.3. The number of aromatic nitrogens is 3. The number of nitrogens with zero attached hydrogens (tertiary/aromatic N) is 3. The van der Waals surface area contributed by atoms with Gasteiger partial charge in [-0.1, -0.05) is 12.1 Å². The van der Waals surface area contributed by atoms with E-state index in [9.17, 15) is 0 Å². The molecular weight excluding hydrogens is 280 g/mol. The van der Waals surface area contributed by atoms with E-state index in [0.29, 0.717) is 19.0 Å². The zero-order chi connectivity index (χ0) is 15.0.